The third-order valence-corrected chi connectivity index (χ3v) is 5.02. The quantitative estimate of drug-likeness (QED) is 0.818. The summed E-state index contributed by atoms with van der Waals surface area (Å²) in [4.78, 5) is 2.54. The van der Waals surface area contributed by atoms with Gasteiger partial charge in [0, 0.05) is 12.6 Å². The molecule has 2 nitrogen and oxygen atoms in total. The van der Waals surface area contributed by atoms with E-state index in [0.29, 0.717) is 5.92 Å². The Bertz CT molecular complexity index is 231. The smallest absolute Gasteiger partial charge is 0.0580 e. The lowest BCUT2D eigenvalue weighted by molar-refractivity contribution is 0.0310. The molecule has 0 heterocycles. The van der Waals surface area contributed by atoms with Crippen LogP contribution in [0.3, 0.4) is 0 Å². The van der Waals surface area contributed by atoms with E-state index in [-0.39, 0.29) is 6.10 Å². The summed E-state index contributed by atoms with van der Waals surface area (Å²) >= 11 is 0. The van der Waals surface area contributed by atoms with Crippen LogP contribution in [-0.4, -0.2) is 35.7 Å². The molecule has 0 saturated heterocycles. The van der Waals surface area contributed by atoms with Crippen molar-refractivity contribution < 1.29 is 5.11 Å². The van der Waals surface area contributed by atoms with Crippen LogP contribution in [0.25, 0.3) is 0 Å². The Labute approximate surface area is 106 Å². The number of aliphatic hydroxyl groups is 1. The molecule has 0 aromatic heterocycles. The molecule has 17 heavy (non-hydrogen) atoms. The van der Waals surface area contributed by atoms with Crippen LogP contribution in [0, 0.1) is 11.8 Å². The summed E-state index contributed by atoms with van der Waals surface area (Å²) in [5, 5.41) is 10.1. The molecule has 0 aromatic carbocycles. The van der Waals surface area contributed by atoms with Crippen molar-refractivity contribution in [3.05, 3.63) is 0 Å². The minimum absolute atomic E-state index is 0.0369. The Morgan fingerprint density at radius 3 is 2.35 bits per heavy atom. The van der Waals surface area contributed by atoms with Crippen molar-refractivity contribution in [1.82, 2.24) is 4.90 Å². The summed E-state index contributed by atoms with van der Waals surface area (Å²) in [6.07, 6.45) is 10.3. The van der Waals surface area contributed by atoms with E-state index in [9.17, 15) is 5.11 Å². The van der Waals surface area contributed by atoms with Gasteiger partial charge in [-0.25, -0.2) is 0 Å². The van der Waals surface area contributed by atoms with Crippen LogP contribution in [-0.2, 0) is 0 Å². The molecule has 2 rings (SSSR count). The summed E-state index contributed by atoms with van der Waals surface area (Å²) in [5.41, 5.74) is 0. The first-order valence-corrected chi connectivity index (χ1v) is 7.57. The number of aliphatic hydroxyl groups excluding tert-OH is 1. The largest absolute Gasteiger partial charge is 0.393 e. The number of hydrogen-bond donors (Lipinski definition) is 1. The predicted octanol–water partition coefficient (Wildman–Crippen LogP) is 3.05. The fourth-order valence-corrected chi connectivity index (χ4v) is 3.86. The number of rotatable bonds is 3. The standard InChI is InChI=1S/C15H29NO/c1-12-7-3-5-9-14(12)16(2)11-13-8-4-6-10-15(13)17/h12-15,17H,3-11H2,1-2H3. The second-order valence-corrected chi connectivity index (χ2v) is 6.38. The van der Waals surface area contributed by atoms with E-state index in [1.807, 2.05) is 0 Å². The maximum atomic E-state index is 10.1. The maximum absolute atomic E-state index is 10.1. The summed E-state index contributed by atoms with van der Waals surface area (Å²) in [6.45, 7) is 3.51. The second kappa shape index (κ2) is 6.19. The number of hydrogen-bond acceptors (Lipinski definition) is 2. The topological polar surface area (TPSA) is 23.5 Å². The molecule has 1 N–H and O–H groups in total. The van der Waals surface area contributed by atoms with E-state index in [1.165, 1.54) is 44.9 Å². The van der Waals surface area contributed by atoms with E-state index in [1.54, 1.807) is 0 Å². The van der Waals surface area contributed by atoms with Gasteiger partial charge in [0.15, 0.2) is 0 Å². The highest BCUT2D eigenvalue weighted by molar-refractivity contribution is 4.83. The van der Waals surface area contributed by atoms with E-state index < -0.39 is 0 Å². The molecule has 4 unspecified atom stereocenters. The molecule has 0 radical (unpaired) electrons. The lowest BCUT2D eigenvalue weighted by atomic mass is 9.82. The summed E-state index contributed by atoms with van der Waals surface area (Å²) in [6, 6.07) is 0.762. The molecule has 0 aliphatic heterocycles. The molecular weight excluding hydrogens is 210 g/mol. The Kier molecular flexibility index (Phi) is 4.87. The van der Waals surface area contributed by atoms with Gasteiger partial charge < -0.3 is 10.0 Å². The average Bonchev–Trinajstić information content (AvgIpc) is 2.32. The van der Waals surface area contributed by atoms with E-state index in [2.05, 4.69) is 18.9 Å². The molecule has 2 aliphatic rings. The lowest BCUT2D eigenvalue weighted by Gasteiger charge is -2.39. The van der Waals surface area contributed by atoms with Gasteiger partial charge in [0.1, 0.15) is 0 Å². The van der Waals surface area contributed by atoms with Gasteiger partial charge in [-0.15, -0.1) is 0 Å². The molecule has 100 valence electrons. The van der Waals surface area contributed by atoms with Gasteiger partial charge in [-0.2, -0.15) is 0 Å². The highest BCUT2D eigenvalue weighted by Crippen LogP contribution is 2.30. The molecule has 2 heteroatoms. The van der Waals surface area contributed by atoms with Crippen LogP contribution in [0.5, 0.6) is 0 Å². The van der Waals surface area contributed by atoms with Gasteiger partial charge >= 0.3 is 0 Å². The van der Waals surface area contributed by atoms with Gasteiger partial charge in [0.2, 0.25) is 0 Å². The molecule has 0 amide bonds. The normalized spacial score (nSPS) is 39.5. The third-order valence-electron chi connectivity index (χ3n) is 5.02. The Morgan fingerprint density at radius 2 is 1.65 bits per heavy atom. The van der Waals surface area contributed by atoms with Gasteiger partial charge in [-0.1, -0.05) is 32.6 Å². The van der Waals surface area contributed by atoms with Crippen molar-refractivity contribution in [3.63, 3.8) is 0 Å². The second-order valence-electron chi connectivity index (χ2n) is 6.38. The molecule has 2 saturated carbocycles. The molecule has 2 aliphatic carbocycles. The minimum Gasteiger partial charge on any atom is -0.393 e. The fourth-order valence-electron chi connectivity index (χ4n) is 3.86. The molecule has 4 atom stereocenters. The van der Waals surface area contributed by atoms with Crippen molar-refractivity contribution >= 4 is 0 Å². The SMILES string of the molecule is CC1CCCCC1N(C)CC1CCCCC1O. The average molecular weight is 239 g/mol. The van der Waals surface area contributed by atoms with Crippen molar-refractivity contribution in [2.75, 3.05) is 13.6 Å². The zero-order valence-electron chi connectivity index (χ0n) is 11.6. The van der Waals surface area contributed by atoms with Crippen molar-refractivity contribution in [2.45, 2.75) is 70.4 Å². The van der Waals surface area contributed by atoms with Gasteiger partial charge in [0.25, 0.3) is 0 Å². The van der Waals surface area contributed by atoms with Crippen LogP contribution in [0.1, 0.15) is 58.3 Å². The van der Waals surface area contributed by atoms with Crippen LogP contribution in [0.4, 0.5) is 0 Å². The van der Waals surface area contributed by atoms with Crippen LogP contribution >= 0.6 is 0 Å². The van der Waals surface area contributed by atoms with Crippen LogP contribution in [0.2, 0.25) is 0 Å². The molecule has 0 bridgehead atoms. The molecular formula is C15H29NO. The first-order valence-electron chi connectivity index (χ1n) is 7.57. The van der Waals surface area contributed by atoms with Crippen LogP contribution < -0.4 is 0 Å². The Morgan fingerprint density at radius 1 is 1.00 bits per heavy atom. The highest BCUT2D eigenvalue weighted by atomic mass is 16.3. The monoisotopic (exact) mass is 239 g/mol. The van der Waals surface area contributed by atoms with Crippen molar-refractivity contribution in [2.24, 2.45) is 11.8 Å². The van der Waals surface area contributed by atoms with E-state index in [0.717, 1.165) is 24.9 Å². The van der Waals surface area contributed by atoms with Crippen molar-refractivity contribution in [1.29, 1.82) is 0 Å². The van der Waals surface area contributed by atoms with Crippen LogP contribution in [0.15, 0.2) is 0 Å². The minimum atomic E-state index is -0.0369. The fraction of sp³-hybridized carbons (Fsp3) is 1.00. The summed E-state index contributed by atoms with van der Waals surface area (Å²) in [7, 11) is 2.27. The molecule has 2 fully saturated rings. The summed E-state index contributed by atoms with van der Waals surface area (Å²) in [5.74, 6) is 1.37. The summed E-state index contributed by atoms with van der Waals surface area (Å²) < 4.78 is 0. The first-order chi connectivity index (χ1) is 8.18. The lowest BCUT2D eigenvalue weighted by Crippen LogP contribution is -2.44. The maximum Gasteiger partial charge on any atom is 0.0580 e. The molecule has 0 aromatic rings. The van der Waals surface area contributed by atoms with Gasteiger partial charge in [-0.05, 0) is 44.6 Å². The highest BCUT2D eigenvalue weighted by Gasteiger charge is 2.29. The van der Waals surface area contributed by atoms with Gasteiger partial charge in [0.05, 0.1) is 6.10 Å². The van der Waals surface area contributed by atoms with Crippen molar-refractivity contribution in [3.8, 4) is 0 Å². The first kappa shape index (κ1) is 13.4. The predicted molar refractivity (Wildman–Crippen MR) is 72.0 cm³/mol. The third kappa shape index (κ3) is 3.45. The molecule has 0 spiro atoms. The zero-order chi connectivity index (χ0) is 12.3. The number of nitrogens with zero attached hydrogens (tertiary/aromatic N) is 1. The van der Waals surface area contributed by atoms with Gasteiger partial charge in [-0.3, -0.25) is 0 Å². The zero-order valence-corrected chi connectivity index (χ0v) is 11.6. The Hall–Kier alpha value is -0.0800. The van der Waals surface area contributed by atoms with E-state index in [4.69, 9.17) is 0 Å². The Balaban J connectivity index is 1.84. The van der Waals surface area contributed by atoms with E-state index >= 15 is 0 Å².